The Morgan fingerprint density at radius 3 is 2.74 bits per heavy atom. The molecule has 0 N–H and O–H groups in total. The summed E-state index contributed by atoms with van der Waals surface area (Å²) in [7, 11) is 0. The van der Waals surface area contributed by atoms with Gasteiger partial charge in [0.2, 0.25) is 0 Å². The number of hydrogen-bond donors (Lipinski definition) is 0. The van der Waals surface area contributed by atoms with Gasteiger partial charge >= 0.3 is 0 Å². The van der Waals surface area contributed by atoms with Crippen LogP contribution in [0.15, 0.2) is 54.9 Å². The summed E-state index contributed by atoms with van der Waals surface area (Å²) in [5.74, 6) is 0.881. The molecule has 2 aromatic heterocycles. The minimum atomic E-state index is 0.881. The predicted octanol–water partition coefficient (Wildman–Crippen LogP) is 3.13. The normalized spacial score (nSPS) is 14.7. The van der Waals surface area contributed by atoms with Crippen molar-refractivity contribution in [3.05, 3.63) is 77.2 Å². The number of nitrogens with zero attached hydrogens (tertiary/aromatic N) is 4. The number of rotatable bonds is 3. The van der Waals surface area contributed by atoms with Crippen molar-refractivity contribution >= 4 is 0 Å². The van der Waals surface area contributed by atoms with Crippen molar-refractivity contribution in [2.24, 2.45) is 0 Å². The molecule has 0 aliphatic carbocycles. The fourth-order valence-corrected chi connectivity index (χ4v) is 3.05. The van der Waals surface area contributed by atoms with Gasteiger partial charge in [0.05, 0.1) is 5.69 Å². The predicted molar refractivity (Wildman–Crippen MR) is 90.4 cm³/mol. The van der Waals surface area contributed by atoms with Gasteiger partial charge in [-0.2, -0.15) is 5.10 Å². The minimum Gasteiger partial charge on any atom is -0.293 e. The maximum absolute atomic E-state index is 4.74. The van der Waals surface area contributed by atoms with Crippen LogP contribution in [0.5, 0.6) is 0 Å². The maximum Gasteiger partial charge on any atom is 0.153 e. The largest absolute Gasteiger partial charge is 0.293 e. The van der Waals surface area contributed by atoms with Crippen LogP contribution in [0.4, 0.5) is 0 Å². The molecule has 0 unspecified atom stereocenters. The van der Waals surface area contributed by atoms with E-state index < -0.39 is 0 Å². The number of benzene rings is 1. The average molecular weight is 304 g/mol. The average Bonchev–Trinajstić information content (AvgIpc) is 3.01. The molecule has 0 saturated heterocycles. The highest BCUT2D eigenvalue weighted by atomic mass is 15.3. The zero-order chi connectivity index (χ0) is 15.6. The van der Waals surface area contributed by atoms with Crippen LogP contribution in [0.1, 0.15) is 22.4 Å². The van der Waals surface area contributed by atoms with Crippen molar-refractivity contribution < 1.29 is 0 Å². The number of aromatic nitrogens is 3. The first-order valence-electron chi connectivity index (χ1n) is 8.05. The molecule has 116 valence electrons. The molecule has 1 aromatic carbocycles. The van der Waals surface area contributed by atoms with Crippen LogP contribution >= 0.6 is 0 Å². The molecular formula is C19H20N4. The van der Waals surface area contributed by atoms with Crippen LogP contribution in [0.3, 0.4) is 0 Å². The quantitative estimate of drug-likeness (QED) is 0.745. The summed E-state index contributed by atoms with van der Waals surface area (Å²) in [6.07, 6.45) is 4.98. The Hall–Kier alpha value is -2.46. The number of hydrogen-bond acceptors (Lipinski definition) is 3. The van der Waals surface area contributed by atoms with Crippen LogP contribution < -0.4 is 0 Å². The molecule has 4 rings (SSSR count). The molecule has 0 bridgehead atoms. The molecule has 0 spiro atoms. The molecule has 3 heterocycles. The first-order chi connectivity index (χ1) is 11.3. The van der Waals surface area contributed by atoms with Crippen molar-refractivity contribution in [1.82, 2.24) is 19.7 Å². The molecule has 0 saturated carbocycles. The van der Waals surface area contributed by atoms with E-state index in [9.17, 15) is 0 Å². The van der Waals surface area contributed by atoms with E-state index in [-0.39, 0.29) is 0 Å². The summed E-state index contributed by atoms with van der Waals surface area (Å²) in [5, 5.41) is 4.74. The van der Waals surface area contributed by atoms with Gasteiger partial charge in [0.15, 0.2) is 5.82 Å². The minimum absolute atomic E-state index is 0.881. The van der Waals surface area contributed by atoms with Gasteiger partial charge < -0.3 is 0 Å². The second-order valence-corrected chi connectivity index (χ2v) is 6.18. The van der Waals surface area contributed by atoms with Gasteiger partial charge in [-0.3, -0.25) is 4.90 Å². The molecule has 0 amide bonds. The molecule has 1 aliphatic rings. The summed E-state index contributed by atoms with van der Waals surface area (Å²) in [6.45, 7) is 5.09. The van der Waals surface area contributed by atoms with Gasteiger partial charge in [-0.05, 0) is 36.6 Å². The van der Waals surface area contributed by atoms with Crippen molar-refractivity contribution in [2.45, 2.75) is 26.4 Å². The van der Waals surface area contributed by atoms with Gasteiger partial charge in [0.1, 0.15) is 0 Å². The zero-order valence-electron chi connectivity index (χ0n) is 13.3. The number of fused-ring (bicyclic) bond motifs is 1. The summed E-state index contributed by atoms with van der Waals surface area (Å²) in [4.78, 5) is 6.84. The summed E-state index contributed by atoms with van der Waals surface area (Å²) >= 11 is 0. The third-order valence-corrected chi connectivity index (χ3v) is 4.36. The summed E-state index contributed by atoms with van der Waals surface area (Å²) < 4.78 is 1.90. The third kappa shape index (κ3) is 3.03. The Balaban J connectivity index is 1.51. The van der Waals surface area contributed by atoms with Gasteiger partial charge in [-0.25, -0.2) is 9.67 Å². The Labute approximate surface area is 136 Å². The van der Waals surface area contributed by atoms with Gasteiger partial charge in [-0.1, -0.05) is 35.9 Å². The third-order valence-electron chi connectivity index (χ3n) is 4.36. The molecule has 1 aliphatic heterocycles. The van der Waals surface area contributed by atoms with Crippen LogP contribution in [0.2, 0.25) is 0 Å². The van der Waals surface area contributed by atoms with Crippen molar-refractivity contribution in [3.63, 3.8) is 0 Å². The molecule has 0 radical (unpaired) electrons. The molecule has 0 fully saturated rings. The van der Waals surface area contributed by atoms with E-state index in [1.165, 1.54) is 22.4 Å². The van der Waals surface area contributed by atoms with Crippen LogP contribution in [-0.4, -0.2) is 26.2 Å². The molecule has 23 heavy (non-hydrogen) atoms. The van der Waals surface area contributed by atoms with Crippen LogP contribution in [0.25, 0.3) is 5.82 Å². The lowest BCUT2D eigenvalue weighted by molar-refractivity contribution is 0.242. The Bertz CT molecular complexity index is 790. The van der Waals surface area contributed by atoms with Crippen molar-refractivity contribution in [2.75, 3.05) is 6.54 Å². The second kappa shape index (κ2) is 5.97. The second-order valence-electron chi connectivity index (χ2n) is 6.18. The smallest absolute Gasteiger partial charge is 0.153 e. The monoisotopic (exact) mass is 304 g/mol. The molecule has 4 heteroatoms. The maximum atomic E-state index is 4.74. The van der Waals surface area contributed by atoms with Crippen LogP contribution in [0, 0.1) is 6.92 Å². The highest BCUT2D eigenvalue weighted by Gasteiger charge is 2.20. The van der Waals surface area contributed by atoms with E-state index >= 15 is 0 Å². The van der Waals surface area contributed by atoms with Crippen molar-refractivity contribution in [1.29, 1.82) is 0 Å². The van der Waals surface area contributed by atoms with E-state index in [2.05, 4.69) is 47.3 Å². The standard InChI is InChI=1S/C19H20N4/c1-15-5-7-16(8-6-15)12-22-11-9-17-13-23(21-18(17)14-22)19-4-2-3-10-20-19/h2-8,10,13H,9,11-12,14H2,1H3. The van der Waals surface area contributed by atoms with E-state index in [1.54, 1.807) is 6.20 Å². The molecule has 4 nitrogen and oxygen atoms in total. The summed E-state index contributed by atoms with van der Waals surface area (Å²) in [5.41, 5.74) is 5.19. The Morgan fingerprint density at radius 1 is 1.09 bits per heavy atom. The SMILES string of the molecule is Cc1ccc(CN2CCc3cn(-c4ccccn4)nc3C2)cc1. The number of aryl methyl sites for hydroxylation is 1. The van der Waals surface area contributed by atoms with Gasteiger partial charge in [0.25, 0.3) is 0 Å². The highest BCUT2D eigenvalue weighted by Crippen LogP contribution is 2.20. The fraction of sp³-hybridized carbons (Fsp3) is 0.263. The molecule has 3 aromatic rings. The lowest BCUT2D eigenvalue weighted by Crippen LogP contribution is -2.29. The van der Waals surface area contributed by atoms with Gasteiger partial charge in [0, 0.05) is 32.0 Å². The first-order valence-corrected chi connectivity index (χ1v) is 8.05. The molecular weight excluding hydrogens is 284 g/mol. The first kappa shape index (κ1) is 14.2. The van der Waals surface area contributed by atoms with Crippen LogP contribution in [-0.2, 0) is 19.5 Å². The number of pyridine rings is 1. The van der Waals surface area contributed by atoms with E-state index in [0.29, 0.717) is 0 Å². The Morgan fingerprint density at radius 2 is 1.96 bits per heavy atom. The summed E-state index contributed by atoms with van der Waals surface area (Å²) in [6, 6.07) is 14.7. The lowest BCUT2D eigenvalue weighted by Gasteiger charge is -2.25. The van der Waals surface area contributed by atoms with Crippen molar-refractivity contribution in [3.8, 4) is 5.82 Å². The van der Waals surface area contributed by atoms with E-state index in [1.807, 2.05) is 22.9 Å². The molecule has 0 atom stereocenters. The fourth-order valence-electron chi connectivity index (χ4n) is 3.05. The lowest BCUT2D eigenvalue weighted by atomic mass is 10.1. The van der Waals surface area contributed by atoms with Gasteiger partial charge in [-0.15, -0.1) is 0 Å². The van der Waals surface area contributed by atoms with E-state index in [4.69, 9.17) is 5.10 Å². The highest BCUT2D eigenvalue weighted by molar-refractivity contribution is 5.28. The Kier molecular flexibility index (Phi) is 3.67. The topological polar surface area (TPSA) is 34.0 Å². The zero-order valence-corrected chi connectivity index (χ0v) is 13.3. The van der Waals surface area contributed by atoms with E-state index in [0.717, 1.165) is 31.9 Å².